The number of primary amides is 1. The van der Waals surface area contributed by atoms with Gasteiger partial charge in [-0.2, -0.15) is 0 Å². The van der Waals surface area contributed by atoms with Crippen molar-refractivity contribution >= 4 is 17.8 Å². The maximum Gasteiger partial charge on any atom is 0.312 e. The van der Waals surface area contributed by atoms with Gasteiger partial charge in [-0.05, 0) is 44.0 Å². The van der Waals surface area contributed by atoms with Crippen molar-refractivity contribution in [1.29, 1.82) is 0 Å². The molecule has 27 heavy (non-hydrogen) atoms. The number of nitrogens with two attached hydrogens (primary N) is 1. The van der Waals surface area contributed by atoms with Crippen molar-refractivity contribution in [3.8, 4) is 11.5 Å². The van der Waals surface area contributed by atoms with E-state index in [-0.39, 0.29) is 5.92 Å². The molecule has 0 spiro atoms. The number of ether oxygens (including phenoxy) is 2. The second-order valence-electron chi connectivity index (χ2n) is 6.01. The molecule has 150 valence electrons. The zero-order valence-corrected chi connectivity index (χ0v) is 16.1. The summed E-state index contributed by atoms with van der Waals surface area (Å²) in [5.74, 6) is -0.0801. The third-order valence-corrected chi connectivity index (χ3v) is 3.92. The second-order valence-corrected chi connectivity index (χ2v) is 6.01. The van der Waals surface area contributed by atoms with Crippen molar-refractivity contribution in [2.24, 2.45) is 11.7 Å². The molecule has 9 heteroatoms. The van der Waals surface area contributed by atoms with Gasteiger partial charge in [0, 0.05) is 0 Å². The Kier molecular flexibility index (Phi) is 8.91. The number of hydrazine groups is 1. The van der Waals surface area contributed by atoms with Crippen LogP contribution in [0.5, 0.6) is 11.5 Å². The summed E-state index contributed by atoms with van der Waals surface area (Å²) < 4.78 is 10.9. The van der Waals surface area contributed by atoms with Gasteiger partial charge >= 0.3 is 6.03 Å². The fourth-order valence-corrected chi connectivity index (χ4v) is 2.20. The molecular formula is C18H28N4O5. The molecule has 1 rings (SSSR count). The van der Waals surface area contributed by atoms with Crippen LogP contribution in [0.4, 0.5) is 4.79 Å². The molecular weight excluding hydrogens is 352 g/mol. The van der Waals surface area contributed by atoms with E-state index in [1.807, 2.05) is 13.8 Å². The molecule has 0 radical (unpaired) electrons. The Morgan fingerprint density at radius 1 is 1.00 bits per heavy atom. The summed E-state index contributed by atoms with van der Waals surface area (Å²) in [7, 11) is 0. The molecule has 0 aliphatic rings. The molecule has 1 aromatic rings. The van der Waals surface area contributed by atoms with Crippen molar-refractivity contribution in [2.75, 3.05) is 6.61 Å². The third kappa shape index (κ3) is 7.43. The van der Waals surface area contributed by atoms with Gasteiger partial charge in [-0.3, -0.25) is 20.4 Å². The van der Waals surface area contributed by atoms with Gasteiger partial charge in [0.25, 0.3) is 11.8 Å². The largest absolute Gasteiger partial charge is 0.494 e. The lowest BCUT2D eigenvalue weighted by Crippen LogP contribution is -2.57. The zero-order valence-electron chi connectivity index (χ0n) is 16.1. The molecule has 5 N–H and O–H groups in total. The highest BCUT2D eigenvalue weighted by molar-refractivity contribution is 5.89. The zero-order chi connectivity index (χ0) is 20.4. The Balaban J connectivity index is 2.56. The van der Waals surface area contributed by atoms with Crippen LogP contribution in [0.25, 0.3) is 0 Å². The number of amides is 4. The summed E-state index contributed by atoms with van der Waals surface area (Å²) in [6.45, 7) is 7.65. The molecule has 0 bridgehead atoms. The van der Waals surface area contributed by atoms with Crippen molar-refractivity contribution in [3.63, 3.8) is 0 Å². The molecule has 9 nitrogen and oxygen atoms in total. The first-order chi connectivity index (χ1) is 12.8. The van der Waals surface area contributed by atoms with E-state index in [0.717, 1.165) is 0 Å². The smallest absolute Gasteiger partial charge is 0.312 e. The van der Waals surface area contributed by atoms with Crippen LogP contribution in [0.2, 0.25) is 0 Å². The first-order valence-corrected chi connectivity index (χ1v) is 8.83. The van der Waals surface area contributed by atoms with Crippen LogP contribution in [-0.4, -0.2) is 36.6 Å². The van der Waals surface area contributed by atoms with Gasteiger partial charge in [0.2, 0.25) is 0 Å². The highest BCUT2D eigenvalue weighted by atomic mass is 16.5. The van der Waals surface area contributed by atoms with Crippen LogP contribution in [0.3, 0.4) is 0 Å². The quantitative estimate of drug-likeness (QED) is 0.476. The molecule has 0 aliphatic heterocycles. The van der Waals surface area contributed by atoms with Gasteiger partial charge < -0.3 is 20.5 Å². The van der Waals surface area contributed by atoms with Crippen molar-refractivity contribution in [3.05, 3.63) is 24.3 Å². The molecule has 0 aliphatic carbocycles. The lowest BCUT2D eigenvalue weighted by molar-refractivity contribution is -0.133. The number of rotatable bonds is 9. The standard InChI is InChI=1S/C18H28N4O5/c1-5-11(3)15(20-18(19)25)17(24)22-21-16(23)12(4)27-14-9-7-13(8-10-14)26-6-2/h7-12,15H,5-6H2,1-4H3,(H,21,23)(H,22,24)(H3,19,20,25)/t11-,12-,15-/m0/s1. The van der Waals surface area contributed by atoms with E-state index < -0.39 is 30.0 Å². The van der Waals surface area contributed by atoms with Crippen LogP contribution in [0.15, 0.2) is 24.3 Å². The minimum absolute atomic E-state index is 0.160. The maximum absolute atomic E-state index is 12.2. The normalized spacial score (nSPS) is 13.6. The summed E-state index contributed by atoms with van der Waals surface area (Å²) >= 11 is 0. The second kappa shape index (κ2) is 10.9. The average Bonchev–Trinajstić information content (AvgIpc) is 2.64. The molecule has 0 aromatic heterocycles. The van der Waals surface area contributed by atoms with E-state index in [1.54, 1.807) is 38.1 Å². The lowest BCUT2D eigenvalue weighted by Gasteiger charge is -2.23. The van der Waals surface area contributed by atoms with Gasteiger partial charge in [-0.15, -0.1) is 0 Å². The predicted octanol–water partition coefficient (Wildman–Crippen LogP) is 1.08. The Hall–Kier alpha value is -2.97. The number of hydrogen-bond acceptors (Lipinski definition) is 5. The van der Waals surface area contributed by atoms with Crippen molar-refractivity contribution in [1.82, 2.24) is 16.2 Å². The highest BCUT2D eigenvalue weighted by Gasteiger charge is 2.26. The van der Waals surface area contributed by atoms with E-state index in [2.05, 4.69) is 16.2 Å². The van der Waals surface area contributed by atoms with Crippen molar-refractivity contribution in [2.45, 2.75) is 46.3 Å². The predicted molar refractivity (Wildman–Crippen MR) is 99.9 cm³/mol. The summed E-state index contributed by atoms with van der Waals surface area (Å²) in [5.41, 5.74) is 9.67. The van der Waals surface area contributed by atoms with E-state index >= 15 is 0 Å². The SMILES string of the molecule is CCOc1ccc(O[C@@H](C)C(=O)NNC(=O)[C@@H](NC(N)=O)[C@@H](C)CC)cc1. The Morgan fingerprint density at radius 3 is 2.07 bits per heavy atom. The number of carbonyl (C=O) groups is 3. The minimum Gasteiger partial charge on any atom is -0.494 e. The van der Waals surface area contributed by atoms with Gasteiger partial charge in [0.1, 0.15) is 17.5 Å². The molecule has 4 amide bonds. The monoisotopic (exact) mass is 380 g/mol. The Morgan fingerprint density at radius 2 is 1.56 bits per heavy atom. The lowest BCUT2D eigenvalue weighted by atomic mass is 9.99. The minimum atomic E-state index is -0.852. The van der Waals surface area contributed by atoms with Gasteiger partial charge in [-0.25, -0.2) is 4.79 Å². The maximum atomic E-state index is 12.2. The highest BCUT2D eigenvalue weighted by Crippen LogP contribution is 2.18. The fraction of sp³-hybridized carbons (Fsp3) is 0.500. The molecule has 0 saturated heterocycles. The molecule has 0 fully saturated rings. The topological polar surface area (TPSA) is 132 Å². The van der Waals surface area contributed by atoms with Crippen LogP contribution in [-0.2, 0) is 9.59 Å². The van der Waals surface area contributed by atoms with E-state index in [0.29, 0.717) is 24.5 Å². The van der Waals surface area contributed by atoms with E-state index in [1.165, 1.54) is 0 Å². The van der Waals surface area contributed by atoms with E-state index in [9.17, 15) is 14.4 Å². The number of nitrogens with one attached hydrogen (secondary N) is 3. The number of benzene rings is 1. The summed E-state index contributed by atoms with van der Waals surface area (Å²) in [5, 5.41) is 2.37. The molecule has 0 saturated carbocycles. The van der Waals surface area contributed by atoms with Crippen molar-refractivity contribution < 1.29 is 23.9 Å². The van der Waals surface area contributed by atoms with Gasteiger partial charge in [0.15, 0.2) is 6.10 Å². The number of carbonyl (C=O) groups excluding carboxylic acids is 3. The Labute approximate surface area is 158 Å². The number of urea groups is 1. The third-order valence-electron chi connectivity index (χ3n) is 3.92. The summed E-state index contributed by atoms with van der Waals surface area (Å²) in [6, 6.07) is 5.17. The van der Waals surface area contributed by atoms with Crippen LogP contribution in [0, 0.1) is 5.92 Å². The molecule has 1 aromatic carbocycles. The molecule has 3 atom stereocenters. The summed E-state index contributed by atoms with van der Waals surface area (Å²) in [6.07, 6.45) is -0.210. The first-order valence-electron chi connectivity index (χ1n) is 8.83. The van der Waals surface area contributed by atoms with Gasteiger partial charge in [-0.1, -0.05) is 20.3 Å². The molecule has 0 heterocycles. The van der Waals surface area contributed by atoms with Gasteiger partial charge in [0.05, 0.1) is 6.61 Å². The average molecular weight is 380 g/mol. The van der Waals surface area contributed by atoms with Crippen LogP contribution in [0.1, 0.15) is 34.1 Å². The Bertz CT molecular complexity index is 635. The number of hydrogen-bond donors (Lipinski definition) is 4. The van der Waals surface area contributed by atoms with Crippen LogP contribution < -0.4 is 31.4 Å². The molecule has 0 unspecified atom stereocenters. The first kappa shape index (κ1) is 22.1. The van der Waals surface area contributed by atoms with Crippen LogP contribution >= 0.6 is 0 Å². The van der Waals surface area contributed by atoms with E-state index in [4.69, 9.17) is 15.2 Å². The fourth-order valence-electron chi connectivity index (χ4n) is 2.20. The summed E-state index contributed by atoms with van der Waals surface area (Å²) in [4.78, 5) is 35.4.